The van der Waals surface area contributed by atoms with Crippen molar-refractivity contribution in [1.29, 1.82) is 0 Å². The van der Waals surface area contributed by atoms with Crippen molar-refractivity contribution in [1.82, 2.24) is 20.2 Å². The molecule has 0 radical (unpaired) electrons. The van der Waals surface area contributed by atoms with Gasteiger partial charge in [0.25, 0.3) is 0 Å². The predicted molar refractivity (Wildman–Crippen MR) is 95.7 cm³/mol. The molecule has 0 aliphatic carbocycles. The summed E-state index contributed by atoms with van der Waals surface area (Å²) in [4.78, 5) is 36.2. The van der Waals surface area contributed by atoms with Crippen LogP contribution in [0.25, 0.3) is 0 Å². The van der Waals surface area contributed by atoms with Crippen LogP contribution in [0.5, 0.6) is 0 Å². The number of hydrogen-bond donors (Lipinski definition) is 2. The number of ether oxygens (including phenoxy) is 1. The lowest BCUT2D eigenvalue weighted by molar-refractivity contribution is -0.133. The summed E-state index contributed by atoms with van der Waals surface area (Å²) in [6, 6.07) is 1.86. The standard InChI is InChI=1S/C17H26N6O3/c1-2-12-8-15(20-11-19-12)22-5-3-4-13(9-22)21-17(25)23-6-7-26-14(10-23)16(18)24/h8,11,13-14H,2-7,9-10H2,1H3,(H2,18,24)(H,21,25). The number of aryl methyl sites for hydroxylation is 1. The van der Waals surface area contributed by atoms with Gasteiger partial charge in [-0.25, -0.2) is 14.8 Å². The highest BCUT2D eigenvalue weighted by Crippen LogP contribution is 2.18. The van der Waals surface area contributed by atoms with Crippen LogP contribution in [0.4, 0.5) is 10.6 Å². The van der Waals surface area contributed by atoms with Gasteiger partial charge in [-0.2, -0.15) is 0 Å². The lowest BCUT2D eigenvalue weighted by atomic mass is 10.1. The number of nitrogens with one attached hydrogen (secondary N) is 1. The normalized spacial score (nSPS) is 23.6. The zero-order valence-corrected chi connectivity index (χ0v) is 15.1. The molecular weight excluding hydrogens is 336 g/mol. The lowest BCUT2D eigenvalue weighted by Gasteiger charge is -2.36. The van der Waals surface area contributed by atoms with Crippen molar-refractivity contribution < 1.29 is 14.3 Å². The minimum Gasteiger partial charge on any atom is -0.367 e. The zero-order chi connectivity index (χ0) is 18.5. The van der Waals surface area contributed by atoms with Gasteiger partial charge in [0.15, 0.2) is 6.10 Å². The number of urea groups is 1. The van der Waals surface area contributed by atoms with Crippen molar-refractivity contribution in [2.75, 3.05) is 37.7 Å². The molecule has 0 saturated carbocycles. The van der Waals surface area contributed by atoms with Crippen molar-refractivity contribution in [3.05, 3.63) is 18.1 Å². The molecule has 0 aromatic carbocycles. The van der Waals surface area contributed by atoms with Crippen LogP contribution in [0.1, 0.15) is 25.5 Å². The van der Waals surface area contributed by atoms with E-state index in [2.05, 4.69) is 27.1 Å². The summed E-state index contributed by atoms with van der Waals surface area (Å²) in [6.45, 7) is 4.65. The van der Waals surface area contributed by atoms with Gasteiger partial charge in [0, 0.05) is 37.4 Å². The van der Waals surface area contributed by atoms with E-state index in [1.54, 1.807) is 11.2 Å². The average Bonchev–Trinajstić information content (AvgIpc) is 2.68. The number of nitrogens with two attached hydrogens (primary N) is 1. The number of piperidine rings is 1. The third-order valence-electron chi connectivity index (χ3n) is 4.82. The third-order valence-corrected chi connectivity index (χ3v) is 4.82. The lowest BCUT2D eigenvalue weighted by Crippen LogP contribution is -2.56. The fraction of sp³-hybridized carbons (Fsp3) is 0.647. The Hall–Kier alpha value is -2.42. The minimum absolute atomic E-state index is 0.0335. The first-order valence-corrected chi connectivity index (χ1v) is 9.09. The van der Waals surface area contributed by atoms with E-state index in [0.717, 1.165) is 37.3 Å². The second kappa shape index (κ2) is 8.31. The molecule has 0 bridgehead atoms. The number of anilines is 1. The van der Waals surface area contributed by atoms with Gasteiger partial charge in [-0.05, 0) is 19.3 Å². The number of morpholine rings is 1. The quantitative estimate of drug-likeness (QED) is 0.773. The number of amides is 3. The molecule has 2 saturated heterocycles. The summed E-state index contributed by atoms with van der Waals surface area (Å²) in [5.41, 5.74) is 6.29. The van der Waals surface area contributed by atoms with Gasteiger partial charge in [-0.3, -0.25) is 4.79 Å². The molecule has 0 spiro atoms. The predicted octanol–water partition coefficient (Wildman–Crippen LogP) is -0.0965. The topological polar surface area (TPSA) is 114 Å². The summed E-state index contributed by atoms with van der Waals surface area (Å²) < 4.78 is 5.29. The second-order valence-corrected chi connectivity index (χ2v) is 6.66. The largest absolute Gasteiger partial charge is 0.367 e. The molecule has 142 valence electrons. The molecule has 3 amide bonds. The summed E-state index contributed by atoms with van der Waals surface area (Å²) in [5.74, 6) is 0.359. The first-order chi connectivity index (χ1) is 12.6. The zero-order valence-electron chi connectivity index (χ0n) is 15.1. The minimum atomic E-state index is -0.731. The Morgan fingerprint density at radius 2 is 2.19 bits per heavy atom. The van der Waals surface area contributed by atoms with Crippen LogP contribution in [-0.4, -0.2) is 71.7 Å². The van der Waals surface area contributed by atoms with Crippen molar-refractivity contribution in [3.63, 3.8) is 0 Å². The number of carbonyl (C=O) groups excluding carboxylic acids is 2. The molecule has 1 aromatic heterocycles. The smallest absolute Gasteiger partial charge is 0.317 e. The highest BCUT2D eigenvalue weighted by atomic mass is 16.5. The van der Waals surface area contributed by atoms with Crippen LogP contribution in [0.15, 0.2) is 12.4 Å². The summed E-state index contributed by atoms with van der Waals surface area (Å²) in [5, 5.41) is 3.07. The van der Waals surface area contributed by atoms with Crippen LogP contribution in [-0.2, 0) is 16.0 Å². The second-order valence-electron chi connectivity index (χ2n) is 6.66. The molecule has 9 heteroatoms. The Bertz CT molecular complexity index is 655. The third kappa shape index (κ3) is 4.40. The van der Waals surface area contributed by atoms with Crippen LogP contribution < -0.4 is 16.0 Å². The maximum atomic E-state index is 12.5. The van der Waals surface area contributed by atoms with Crippen molar-refractivity contribution in [3.8, 4) is 0 Å². The summed E-state index contributed by atoms with van der Waals surface area (Å²) in [7, 11) is 0. The van der Waals surface area contributed by atoms with E-state index in [-0.39, 0.29) is 18.6 Å². The molecule has 2 fully saturated rings. The number of hydrogen-bond acceptors (Lipinski definition) is 6. The SMILES string of the molecule is CCc1cc(N2CCCC(NC(=O)N3CCOC(C(N)=O)C3)C2)ncn1. The maximum Gasteiger partial charge on any atom is 0.317 e. The van der Waals surface area contributed by atoms with E-state index in [1.165, 1.54) is 0 Å². The molecule has 2 unspecified atom stereocenters. The van der Waals surface area contributed by atoms with Gasteiger partial charge < -0.3 is 25.6 Å². The van der Waals surface area contributed by atoms with Gasteiger partial charge in [0.2, 0.25) is 5.91 Å². The number of nitrogens with zero attached hydrogens (tertiary/aromatic N) is 4. The van der Waals surface area contributed by atoms with E-state index < -0.39 is 12.0 Å². The molecular formula is C17H26N6O3. The number of aromatic nitrogens is 2. The number of rotatable bonds is 4. The van der Waals surface area contributed by atoms with Crippen molar-refractivity contribution in [2.45, 2.75) is 38.3 Å². The van der Waals surface area contributed by atoms with Crippen molar-refractivity contribution in [2.24, 2.45) is 5.73 Å². The molecule has 2 atom stereocenters. The highest BCUT2D eigenvalue weighted by Gasteiger charge is 2.30. The van der Waals surface area contributed by atoms with E-state index in [1.807, 2.05) is 6.07 Å². The molecule has 2 aliphatic rings. The van der Waals surface area contributed by atoms with Crippen LogP contribution in [0.2, 0.25) is 0 Å². The Labute approximate surface area is 152 Å². The Kier molecular flexibility index (Phi) is 5.87. The van der Waals surface area contributed by atoms with Gasteiger partial charge in [0.05, 0.1) is 13.2 Å². The maximum absolute atomic E-state index is 12.5. The Morgan fingerprint density at radius 3 is 2.96 bits per heavy atom. The average molecular weight is 362 g/mol. The number of primary amides is 1. The Balaban J connectivity index is 1.57. The molecule has 1 aromatic rings. The highest BCUT2D eigenvalue weighted by molar-refractivity contribution is 5.81. The van der Waals surface area contributed by atoms with Gasteiger partial charge >= 0.3 is 6.03 Å². The van der Waals surface area contributed by atoms with Gasteiger partial charge in [0.1, 0.15) is 12.1 Å². The first kappa shape index (κ1) is 18.4. The fourth-order valence-electron chi connectivity index (χ4n) is 3.33. The summed E-state index contributed by atoms with van der Waals surface area (Å²) >= 11 is 0. The van der Waals surface area contributed by atoms with E-state index in [9.17, 15) is 9.59 Å². The monoisotopic (exact) mass is 362 g/mol. The molecule has 3 rings (SSSR count). The van der Waals surface area contributed by atoms with Crippen molar-refractivity contribution >= 4 is 17.8 Å². The van der Waals surface area contributed by atoms with E-state index in [0.29, 0.717) is 19.7 Å². The molecule has 9 nitrogen and oxygen atoms in total. The van der Waals surface area contributed by atoms with Crippen LogP contribution in [0.3, 0.4) is 0 Å². The van der Waals surface area contributed by atoms with Gasteiger partial charge in [-0.1, -0.05) is 6.92 Å². The Morgan fingerprint density at radius 1 is 1.35 bits per heavy atom. The fourth-order valence-corrected chi connectivity index (χ4v) is 3.33. The molecule has 3 heterocycles. The first-order valence-electron chi connectivity index (χ1n) is 9.09. The molecule has 2 aliphatic heterocycles. The van der Waals surface area contributed by atoms with Crippen LogP contribution in [0, 0.1) is 0 Å². The van der Waals surface area contributed by atoms with Crippen LogP contribution >= 0.6 is 0 Å². The van der Waals surface area contributed by atoms with E-state index >= 15 is 0 Å². The summed E-state index contributed by atoms with van der Waals surface area (Å²) in [6.07, 6.45) is 3.61. The molecule has 26 heavy (non-hydrogen) atoms. The number of carbonyl (C=O) groups is 2. The molecule has 3 N–H and O–H groups in total. The van der Waals surface area contributed by atoms with E-state index in [4.69, 9.17) is 10.5 Å². The van der Waals surface area contributed by atoms with Gasteiger partial charge in [-0.15, -0.1) is 0 Å².